The summed E-state index contributed by atoms with van der Waals surface area (Å²) in [5.74, 6) is -0.115. The molecule has 5 nitrogen and oxygen atoms in total. The highest BCUT2D eigenvalue weighted by molar-refractivity contribution is 7.91. The van der Waals surface area contributed by atoms with E-state index in [0.717, 1.165) is 29.7 Å². The molecule has 1 fully saturated rings. The van der Waals surface area contributed by atoms with Crippen LogP contribution in [-0.4, -0.2) is 31.7 Å². The number of carbonyl (C=O) groups excluding carboxylic acids is 1. The van der Waals surface area contributed by atoms with E-state index in [1.54, 1.807) is 16.4 Å². The normalized spacial score (nSPS) is 16.2. The van der Waals surface area contributed by atoms with Crippen molar-refractivity contribution in [3.63, 3.8) is 0 Å². The van der Waals surface area contributed by atoms with Gasteiger partial charge >= 0.3 is 0 Å². The van der Waals surface area contributed by atoms with E-state index in [9.17, 15) is 13.2 Å². The third-order valence-electron chi connectivity index (χ3n) is 4.04. The predicted molar refractivity (Wildman–Crippen MR) is 97.2 cm³/mol. The maximum atomic E-state index is 12.6. The number of piperidine rings is 1. The fourth-order valence-corrected chi connectivity index (χ4v) is 6.49. The van der Waals surface area contributed by atoms with Gasteiger partial charge in [0.2, 0.25) is 0 Å². The zero-order valence-corrected chi connectivity index (χ0v) is 15.9. The van der Waals surface area contributed by atoms with Crippen LogP contribution in [0.2, 0.25) is 0 Å². The second kappa shape index (κ2) is 7.35. The number of sulfonamides is 1. The maximum absolute atomic E-state index is 12.6. The molecule has 0 atom stereocenters. The van der Waals surface area contributed by atoms with Crippen molar-refractivity contribution in [2.75, 3.05) is 13.1 Å². The van der Waals surface area contributed by atoms with Crippen LogP contribution in [-0.2, 0) is 16.6 Å². The molecule has 130 valence electrons. The number of nitrogens with zero attached hydrogens (tertiary/aromatic N) is 1. The first-order chi connectivity index (χ1) is 11.5. The Morgan fingerprint density at radius 3 is 2.62 bits per heavy atom. The minimum atomic E-state index is -3.39. The molecule has 0 saturated carbocycles. The SMILES string of the molecule is Cc1ccsc1C(=O)NCc1ccc(S(=O)(=O)N2CCCCC2)s1. The number of thiophene rings is 2. The van der Waals surface area contributed by atoms with Gasteiger partial charge in [0.15, 0.2) is 0 Å². The van der Waals surface area contributed by atoms with Gasteiger partial charge in [-0.25, -0.2) is 8.42 Å². The molecule has 2 aromatic rings. The van der Waals surface area contributed by atoms with Gasteiger partial charge in [-0.2, -0.15) is 4.31 Å². The highest BCUT2D eigenvalue weighted by Gasteiger charge is 2.27. The summed E-state index contributed by atoms with van der Waals surface area (Å²) in [5, 5.41) is 4.75. The topological polar surface area (TPSA) is 66.5 Å². The van der Waals surface area contributed by atoms with Crippen molar-refractivity contribution in [2.45, 2.75) is 36.9 Å². The molecular formula is C16H20N2O3S3. The van der Waals surface area contributed by atoms with Crippen molar-refractivity contribution >= 4 is 38.6 Å². The van der Waals surface area contributed by atoms with E-state index < -0.39 is 10.0 Å². The summed E-state index contributed by atoms with van der Waals surface area (Å²) >= 11 is 2.65. The zero-order chi connectivity index (χ0) is 17.2. The van der Waals surface area contributed by atoms with Crippen LogP contribution in [0.4, 0.5) is 0 Å². The lowest BCUT2D eigenvalue weighted by molar-refractivity contribution is 0.0955. The Kier molecular flexibility index (Phi) is 5.39. The number of carbonyl (C=O) groups is 1. The monoisotopic (exact) mass is 384 g/mol. The van der Waals surface area contributed by atoms with Crippen LogP contribution in [0.3, 0.4) is 0 Å². The summed E-state index contributed by atoms with van der Waals surface area (Å²) in [6.07, 6.45) is 2.94. The molecular weight excluding hydrogens is 364 g/mol. The van der Waals surface area contributed by atoms with Crippen LogP contribution in [0.25, 0.3) is 0 Å². The number of hydrogen-bond donors (Lipinski definition) is 1. The Bertz CT molecular complexity index is 817. The van der Waals surface area contributed by atoms with Crippen LogP contribution in [0.1, 0.15) is 39.4 Å². The molecule has 0 bridgehead atoms. The summed E-state index contributed by atoms with van der Waals surface area (Å²) in [6, 6.07) is 5.34. The number of amides is 1. The predicted octanol–water partition coefficient (Wildman–Crippen LogP) is 3.22. The van der Waals surface area contributed by atoms with Crippen LogP contribution >= 0.6 is 22.7 Å². The highest BCUT2D eigenvalue weighted by Crippen LogP contribution is 2.27. The lowest BCUT2D eigenvalue weighted by Crippen LogP contribution is -2.35. The molecule has 0 spiro atoms. The average Bonchev–Trinajstić information content (AvgIpc) is 3.23. The summed E-state index contributed by atoms with van der Waals surface area (Å²) in [5.41, 5.74) is 0.956. The molecule has 1 amide bonds. The summed E-state index contributed by atoms with van der Waals surface area (Å²) in [7, 11) is -3.39. The van der Waals surface area contributed by atoms with Crippen LogP contribution in [0.15, 0.2) is 27.8 Å². The van der Waals surface area contributed by atoms with Gasteiger partial charge in [-0.15, -0.1) is 22.7 Å². The van der Waals surface area contributed by atoms with Gasteiger partial charge < -0.3 is 5.32 Å². The maximum Gasteiger partial charge on any atom is 0.261 e. The van der Waals surface area contributed by atoms with E-state index in [4.69, 9.17) is 0 Å². The summed E-state index contributed by atoms with van der Waals surface area (Å²) in [6.45, 7) is 3.45. The Hall–Kier alpha value is -1.22. The smallest absolute Gasteiger partial charge is 0.261 e. The van der Waals surface area contributed by atoms with Crippen LogP contribution < -0.4 is 5.32 Å². The van der Waals surface area contributed by atoms with Crippen molar-refractivity contribution in [3.05, 3.63) is 38.9 Å². The zero-order valence-electron chi connectivity index (χ0n) is 13.4. The number of hydrogen-bond acceptors (Lipinski definition) is 5. The lowest BCUT2D eigenvalue weighted by Gasteiger charge is -2.25. The van der Waals surface area contributed by atoms with E-state index in [1.807, 2.05) is 18.4 Å². The molecule has 8 heteroatoms. The van der Waals surface area contributed by atoms with Crippen molar-refractivity contribution in [3.8, 4) is 0 Å². The van der Waals surface area contributed by atoms with E-state index in [-0.39, 0.29) is 5.91 Å². The minimum Gasteiger partial charge on any atom is -0.346 e. The first kappa shape index (κ1) is 17.6. The third kappa shape index (κ3) is 3.72. The lowest BCUT2D eigenvalue weighted by atomic mass is 10.2. The number of rotatable bonds is 5. The molecule has 1 saturated heterocycles. The largest absolute Gasteiger partial charge is 0.346 e. The summed E-state index contributed by atoms with van der Waals surface area (Å²) in [4.78, 5) is 13.7. The Morgan fingerprint density at radius 1 is 1.21 bits per heavy atom. The van der Waals surface area contributed by atoms with Gasteiger partial charge in [-0.1, -0.05) is 6.42 Å². The molecule has 1 aliphatic heterocycles. The van der Waals surface area contributed by atoms with E-state index in [2.05, 4.69) is 5.32 Å². The third-order valence-corrected chi connectivity index (χ3v) is 8.50. The van der Waals surface area contributed by atoms with Crippen LogP contribution in [0, 0.1) is 6.92 Å². The molecule has 0 unspecified atom stereocenters. The van der Waals surface area contributed by atoms with Crippen molar-refractivity contribution in [1.82, 2.24) is 9.62 Å². The molecule has 0 radical (unpaired) electrons. The van der Waals surface area contributed by atoms with Crippen molar-refractivity contribution in [1.29, 1.82) is 0 Å². The Balaban J connectivity index is 1.65. The van der Waals surface area contributed by atoms with E-state index >= 15 is 0 Å². The first-order valence-corrected chi connectivity index (χ1v) is 11.0. The molecule has 1 N–H and O–H groups in total. The summed E-state index contributed by atoms with van der Waals surface area (Å²) < 4.78 is 27.2. The highest BCUT2D eigenvalue weighted by atomic mass is 32.2. The van der Waals surface area contributed by atoms with Crippen LogP contribution in [0.5, 0.6) is 0 Å². The average molecular weight is 385 g/mol. The number of nitrogens with one attached hydrogen (secondary N) is 1. The fraction of sp³-hybridized carbons (Fsp3) is 0.438. The molecule has 24 heavy (non-hydrogen) atoms. The molecule has 3 rings (SSSR count). The van der Waals surface area contributed by atoms with Gasteiger partial charge in [0.05, 0.1) is 11.4 Å². The van der Waals surface area contributed by atoms with Gasteiger partial charge in [-0.3, -0.25) is 4.79 Å². The number of aryl methyl sites for hydroxylation is 1. The first-order valence-electron chi connectivity index (χ1n) is 7.89. The van der Waals surface area contributed by atoms with Gasteiger partial charge in [0.1, 0.15) is 4.21 Å². The second-order valence-electron chi connectivity index (χ2n) is 5.80. The molecule has 0 aliphatic carbocycles. The van der Waals surface area contributed by atoms with Crippen molar-refractivity contribution < 1.29 is 13.2 Å². The second-order valence-corrected chi connectivity index (χ2v) is 10.1. The Labute approximate surface area is 150 Å². The van der Waals surface area contributed by atoms with Gasteiger partial charge in [0.25, 0.3) is 15.9 Å². The van der Waals surface area contributed by atoms with E-state index in [0.29, 0.717) is 28.7 Å². The van der Waals surface area contributed by atoms with E-state index in [1.165, 1.54) is 22.7 Å². The quantitative estimate of drug-likeness (QED) is 0.861. The fourth-order valence-electron chi connectivity index (χ4n) is 2.68. The van der Waals surface area contributed by atoms with Gasteiger partial charge in [0, 0.05) is 18.0 Å². The standard InChI is InChI=1S/C16H20N2O3S3/c1-12-7-10-22-15(12)16(19)17-11-13-5-6-14(23-13)24(20,21)18-8-3-2-4-9-18/h5-7,10H,2-4,8-9,11H2,1H3,(H,17,19). The van der Waals surface area contributed by atoms with Crippen molar-refractivity contribution in [2.24, 2.45) is 0 Å². The Morgan fingerprint density at radius 2 is 1.96 bits per heavy atom. The molecule has 3 heterocycles. The van der Waals surface area contributed by atoms with Gasteiger partial charge in [-0.05, 0) is 48.9 Å². The molecule has 1 aliphatic rings. The molecule has 2 aromatic heterocycles. The minimum absolute atomic E-state index is 0.115. The molecule has 0 aromatic carbocycles.